The fourth-order valence-corrected chi connectivity index (χ4v) is 4.87. The molecule has 3 aromatic rings. The Bertz CT molecular complexity index is 1170. The second kappa shape index (κ2) is 8.19. The molecule has 0 fully saturated rings. The van der Waals surface area contributed by atoms with E-state index in [-0.39, 0.29) is 17.6 Å². The van der Waals surface area contributed by atoms with Gasteiger partial charge < -0.3 is 10.1 Å². The van der Waals surface area contributed by atoms with Crippen molar-refractivity contribution in [1.82, 2.24) is 14.8 Å². The Hall–Kier alpha value is -3.13. The number of thioether (sulfide) groups is 1. The molecule has 0 amide bonds. The molecule has 2 aliphatic rings. The first-order valence-corrected chi connectivity index (χ1v) is 11.1. The van der Waals surface area contributed by atoms with Gasteiger partial charge in [-0.05, 0) is 42.2 Å². The van der Waals surface area contributed by atoms with Gasteiger partial charge in [-0.3, -0.25) is 4.79 Å². The highest BCUT2D eigenvalue weighted by molar-refractivity contribution is 7.98. The summed E-state index contributed by atoms with van der Waals surface area (Å²) in [4.78, 5) is 17.5. The SMILES string of the molecule is COc1ccc([C@@H]2C3=C(CCCC3=O)Nc3nc(SCc4ccccc4F)nn32)cc1. The number of nitrogens with zero attached hydrogens (tertiary/aromatic N) is 3. The second-order valence-electron chi connectivity index (χ2n) is 7.51. The van der Waals surface area contributed by atoms with Crippen LogP contribution >= 0.6 is 11.8 Å². The normalized spacial score (nSPS) is 17.7. The van der Waals surface area contributed by atoms with Crippen LogP contribution in [0.3, 0.4) is 0 Å². The van der Waals surface area contributed by atoms with Crippen LogP contribution in [0, 0.1) is 5.82 Å². The van der Waals surface area contributed by atoms with Crippen molar-refractivity contribution in [3.05, 3.63) is 76.7 Å². The molecule has 158 valence electrons. The fraction of sp³-hybridized carbons (Fsp3) is 0.261. The number of Topliss-reactive ketones (excluding diaryl/α,β-unsaturated/α-hetero) is 1. The van der Waals surface area contributed by atoms with E-state index in [1.54, 1.807) is 23.9 Å². The van der Waals surface area contributed by atoms with Gasteiger partial charge in [-0.1, -0.05) is 42.1 Å². The quantitative estimate of drug-likeness (QED) is 0.583. The third-order valence-electron chi connectivity index (χ3n) is 5.59. The summed E-state index contributed by atoms with van der Waals surface area (Å²) in [5.41, 5.74) is 3.22. The van der Waals surface area contributed by atoms with Gasteiger partial charge in [-0.2, -0.15) is 4.98 Å². The second-order valence-corrected chi connectivity index (χ2v) is 8.45. The van der Waals surface area contributed by atoms with E-state index in [2.05, 4.69) is 15.4 Å². The molecule has 1 aliphatic heterocycles. The molecule has 0 unspecified atom stereocenters. The van der Waals surface area contributed by atoms with Gasteiger partial charge >= 0.3 is 0 Å². The number of allylic oxidation sites excluding steroid dienone is 2. The zero-order chi connectivity index (χ0) is 21.4. The average molecular weight is 437 g/mol. The first-order valence-electron chi connectivity index (χ1n) is 10.1. The van der Waals surface area contributed by atoms with E-state index in [4.69, 9.17) is 4.74 Å². The molecule has 31 heavy (non-hydrogen) atoms. The van der Waals surface area contributed by atoms with Crippen LogP contribution in [-0.2, 0) is 10.5 Å². The number of carbonyl (C=O) groups excluding carboxylic acids is 1. The number of ketones is 1. The molecule has 5 rings (SSSR count). The number of halogens is 1. The molecule has 1 N–H and O–H groups in total. The molecule has 8 heteroatoms. The number of aromatic nitrogens is 3. The molecular weight excluding hydrogens is 415 g/mol. The lowest BCUT2D eigenvalue weighted by atomic mass is 9.85. The molecule has 2 heterocycles. The molecule has 0 spiro atoms. The highest BCUT2D eigenvalue weighted by Gasteiger charge is 2.36. The van der Waals surface area contributed by atoms with Crippen LogP contribution in [0.1, 0.15) is 36.4 Å². The van der Waals surface area contributed by atoms with Gasteiger partial charge in [0, 0.05) is 23.4 Å². The van der Waals surface area contributed by atoms with Crippen molar-refractivity contribution < 1.29 is 13.9 Å². The number of carbonyl (C=O) groups is 1. The van der Waals surface area contributed by atoms with Crippen LogP contribution in [0.2, 0.25) is 0 Å². The maximum Gasteiger partial charge on any atom is 0.227 e. The lowest BCUT2D eigenvalue weighted by molar-refractivity contribution is -0.116. The fourth-order valence-electron chi connectivity index (χ4n) is 4.05. The predicted molar refractivity (Wildman–Crippen MR) is 117 cm³/mol. The topological polar surface area (TPSA) is 69.0 Å². The van der Waals surface area contributed by atoms with Crippen LogP contribution in [0.5, 0.6) is 5.75 Å². The summed E-state index contributed by atoms with van der Waals surface area (Å²) in [6, 6.07) is 14.0. The third kappa shape index (κ3) is 3.72. The first kappa shape index (κ1) is 19.8. The van der Waals surface area contributed by atoms with E-state index in [0.717, 1.165) is 35.4 Å². The van der Waals surface area contributed by atoms with E-state index in [0.29, 0.717) is 28.8 Å². The van der Waals surface area contributed by atoms with Gasteiger partial charge in [0.2, 0.25) is 11.1 Å². The standard InChI is InChI=1S/C23H21FN4O2S/c1-30-16-11-9-14(10-12-16)21-20-18(7-4-8-19(20)29)25-22-26-23(27-28(21)22)31-13-15-5-2-3-6-17(15)24/h2-3,5-6,9-12,21H,4,7-8,13H2,1H3,(H,25,26,27)/t21-/m1/s1. The van der Waals surface area contributed by atoms with Crippen molar-refractivity contribution in [2.45, 2.75) is 36.2 Å². The number of rotatable bonds is 5. The molecule has 1 atom stereocenters. The maximum absolute atomic E-state index is 14.0. The van der Waals surface area contributed by atoms with Gasteiger partial charge in [-0.25, -0.2) is 9.07 Å². The van der Waals surface area contributed by atoms with Crippen molar-refractivity contribution in [2.24, 2.45) is 0 Å². The molecule has 0 saturated heterocycles. The van der Waals surface area contributed by atoms with Crippen LogP contribution in [-0.4, -0.2) is 27.7 Å². The molecule has 6 nitrogen and oxygen atoms in total. The Kier molecular flexibility index (Phi) is 5.23. The highest BCUT2D eigenvalue weighted by Crippen LogP contribution is 2.41. The molecule has 0 radical (unpaired) electrons. The summed E-state index contributed by atoms with van der Waals surface area (Å²) < 4.78 is 21.0. The van der Waals surface area contributed by atoms with Crippen LogP contribution in [0.15, 0.2) is 65.0 Å². The number of hydrogen-bond donors (Lipinski definition) is 1. The Morgan fingerprint density at radius 2 is 2.00 bits per heavy atom. The average Bonchev–Trinajstić information content (AvgIpc) is 3.20. The van der Waals surface area contributed by atoms with Gasteiger partial charge in [0.05, 0.1) is 7.11 Å². The number of methoxy groups -OCH3 is 1. The van der Waals surface area contributed by atoms with Gasteiger partial charge in [-0.15, -0.1) is 5.10 Å². The summed E-state index contributed by atoms with van der Waals surface area (Å²) in [5.74, 6) is 1.68. The van der Waals surface area contributed by atoms with Crippen LogP contribution < -0.4 is 10.1 Å². The van der Waals surface area contributed by atoms with E-state index in [1.165, 1.54) is 17.8 Å². The zero-order valence-electron chi connectivity index (χ0n) is 17.0. The summed E-state index contributed by atoms with van der Waals surface area (Å²) in [7, 11) is 1.62. The summed E-state index contributed by atoms with van der Waals surface area (Å²) in [6.07, 6.45) is 2.16. The third-order valence-corrected chi connectivity index (χ3v) is 6.48. The van der Waals surface area contributed by atoms with E-state index in [1.807, 2.05) is 30.3 Å². The first-order chi connectivity index (χ1) is 15.1. The summed E-state index contributed by atoms with van der Waals surface area (Å²) in [6.45, 7) is 0. The van der Waals surface area contributed by atoms with Crippen molar-refractivity contribution in [1.29, 1.82) is 0 Å². The smallest absolute Gasteiger partial charge is 0.227 e. The lowest BCUT2D eigenvalue weighted by Gasteiger charge is -2.32. The Balaban J connectivity index is 1.50. The van der Waals surface area contributed by atoms with Gasteiger partial charge in [0.1, 0.15) is 17.6 Å². The maximum atomic E-state index is 14.0. The summed E-state index contributed by atoms with van der Waals surface area (Å²) in [5, 5.41) is 8.54. The zero-order valence-corrected chi connectivity index (χ0v) is 17.8. The molecule has 0 saturated carbocycles. The molecule has 1 aliphatic carbocycles. The minimum Gasteiger partial charge on any atom is -0.497 e. The molecule has 0 bridgehead atoms. The van der Waals surface area contributed by atoms with Crippen molar-refractivity contribution in [3.63, 3.8) is 0 Å². The van der Waals surface area contributed by atoms with E-state index >= 15 is 0 Å². The molecular formula is C23H21FN4O2S. The largest absolute Gasteiger partial charge is 0.497 e. The number of hydrogen-bond acceptors (Lipinski definition) is 6. The predicted octanol–water partition coefficient (Wildman–Crippen LogP) is 4.74. The van der Waals surface area contributed by atoms with E-state index in [9.17, 15) is 9.18 Å². The van der Waals surface area contributed by atoms with Gasteiger partial charge in [0.15, 0.2) is 5.78 Å². The Morgan fingerprint density at radius 1 is 1.19 bits per heavy atom. The number of benzene rings is 2. The van der Waals surface area contributed by atoms with Crippen molar-refractivity contribution >= 4 is 23.5 Å². The molecule has 1 aromatic heterocycles. The lowest BCUT2D eigenvalue weighted by Crippen LogP contribution is -2.31. The van der Waals surface area contributed by atoms with Crippen molar-refractivity contribution in [2.75, 3.05) is 12.4 Å². The number of ether oxygens (including phenoxy) is 1. The number of anilines is 1. The number of nitrogens with one attached hydrogen (secondary N) is 1. The minimum absolute atomic E-state index is 0.135. The van der Waals surface area contributed by atoms with Crippen molar-refractivity contribution in [3.8, 4) is 5.75 Å². The Morgan fingerprint density at radius 3 is 2.77 bits per heavy atom. The van der Waals surface area contributed by atoms with Crippen LogP contribution in [0.4, 0.5) is 10.3 Å². The van der Waals surface area contributed by atoms with Crippen LogP contribution in [0.25, 0.3) is 0 Å². The summed E-state index contributed by atoms with van der Waals surface area (Å²) >= 11 is 1.37. The molecule has 2 aromatic carbocycles. The minimum atomic E-state index is -0.347. The van der Waals surface area contributed by atoms with Gasteiger partial charge in [0.25, 0.3) is 0 Å². The van der Waals surface area contributed by atoms with E-state index < -0.39 is 0 Å². The monoisotopic (exact) mass is 436 g/mol. The number of fused-ring (bicyclic) bond motifs is 1. The highest BCUT2D eigenvalue weighted by atomic mass is 32.2. The Labute approximate surface area is 183 Å².